The average Bonchev–Trinajstić information content (AvgIpc) is 2.44. The number of fused-ring (bicyclic) bond motifs is 2. The van der Waals surface area contributed by atoms with Crippen LogP contribution in [0.25, 0.3) is 0 Å². The van der Waals surface area contributed by atoms with E-state index < -0.39 is 0 Å². The fraction of sp³-hybridized carbons (Fsp3) is 0.250. The number of ether oxygens (including phenoxy) is 1. The van der Waals surface area contributed by atoms with Crippen molar-refractivity contribution in [2.75, 3.05) is 32.6 Å². The molecule has 0 amide bonds. The molecule has 0 fully saturated rings. The van der Waals surface area contributed by atoms with Crippen LogP contribution < -0.4 is 10.1 Å². The van der Waals surface area contributed by atoms with Crippen LogP contribution in [0.5, 0.6) is 5.75 Å². The van der Waals surface area contributed by atoms with E-state index in [0.29, 0.717) is 6.61 Å². The second-order valence-corrected chi connectivity index (χ2v) is 6.12. The zero-order valence-corrected chi connectivity index (χ0v) is 13.8. The second kappa shape index (κ2) is 7.07. The Morgan fingerprint density at radius 3 is 2.62 bits per heavy atom. The smallest absolute Gasteiger partial charge is 0.121 e. The number of rotatable bonds is 4. The molecule has 112 valence electrons. The molecule has 1 N–H and O–H groups in total. The zero-order chi connectivity index (χ0) is 13.9. The first-order chi connectivity index (χ1) is 9.72. The summed E-state index contributed by atoms with van der Waals surface area (Å²) in [5.74, 6) is 0.915. The van der Waals surface area contributed by atoms with E-state index in [2.05, 4.69) is 46.6 Å². The first-order valence-corrected chi connectivity index (χ1v) is 7.49. The highest BCUT2D eigenvalue weighted by Crippen LogP contribution is 2.44. The van der Waals surface area contributed by atoms with E-state index in [1.807, 2.05) is 20.2 Å². The molecule has 0 spiro atoms. The van der Waals surface area contributed by atoms with Crippen molar-refractivity contribution in [3.63, 3.8) is 0 Å². The molecule has 0 aliphatic carbocycles. The molecule has 0 aromatic heterocycles. The molecule has 0 saturated heterocycles. The molecule has 1 aliphatic heterocycles. The standard InChI is InChI=1S/C16H18N2OS.ClH/c1-18(2)9-10-19-12-7-8-16-14(11-12)17-13-5-3-4-6-15(13)20-16;/h3-8,11,17H,9-10H2,1-2H3;1H. The van der Waals surface area contributed by atoms with Gasteiger partial charge in [-0.15, -0.1) is 12.4 Å². The highest BCUT2D eigenvalue weighted by molar-refractivity contribution is 7.99. The molecular weight excluding hydrogens is 304 g/mol. The third kappa shape index (κ3) is 3.84. The molecule has 0 saturated carbocycles. The van der Waals surface area contributed by atoms with Crippen LogP contribution in [0.2, 0.25) is 0 Å². The minimum absolute atomic E-state index is 0. The molecule has 21 heavy (non-hydrogen) atoms. The summed E-state index contributed by atoms with van der Waals surface area (Å²) in [6.07, 6.45) is 0. The molecule has 1 aliphatic rings. The summed E-state index contributed by atoms with van der Waals surface area (Å²) in [5.41, 5.74) is 2.28. The highest BCUT2D eigenvalue weighted by atomic mass is 35.5. The van der Waals surface area contributed by atoms with E-state index >= 15 is 0 Å². The second-order valence-electron chi connectivity index (χ2n) is 5.03. The topological polar surface area (TPSA) is 24.5 Å². The van der Waals surface area contributed by atoms with Crippen molar-refractivity contribution in [2.24, 2.45) is 0 Å². The van der Waals surface area contributed by atoms with Crippen molar-refractivity contribution in [2.45, 2.75) is 9.79 Å². The lowest BCUT2D eigenvalue weighted by Gasteiger charge is -2.21. The maximum Gasteiger partial charge on any atom is 0.121 e. The summed E-state index contributed by atoms with van der Waals surface area (Å²) < 4.78 is 5.78. The maximum atomic E-state index is 5.78. The molecule has 0 radical (unpaired) electrons. The summed E-state index contributed by atoms with van der Waals surface area (Å²) in [6, 6.07) is 14.6. The third-order valence-electron chi connectivity index (χ3n) is 3.13. The SMILES string of the molecule is CN(C)CCOc1ccc2c(c1)Nc1ccccc1S2.Cl. The number of likely N-dealkylation sites (N-methyl/N-ethyl adjacent to an activating group) is 1. The summed E-state index contributed by atoms with van der Waals surface area (Å²) >= 11 is 1.79. The van der Waals surface area contributed by atoms with Crippen LogP contribution in [0.1, 0.15) is 0 Å². The third-order valence-corrected chi connectivity index (χ3v) is 4.29. The Balaban J connectivity index is 0.00000161. The van der Waals surface area contributed by atoms with Crippen molar-refractivity contribution < 1.29 is 4.74 Å². The molecular formula is C16H19ClN2OS. The van der Waals surface area contributed by atoms with Gasteiger partial charge in [0.2, 0.25) is 0 Å². The number of hydrogen-bond acceptors (Lipinski definition) is 4. The van der Waals surface area contributed by atoms with Crippen LogP contribution in [0.3, 0.4) is 0 Å². The van der Waals surface area contributed by atoms with Crippen molar-refractivity contribution in [3.8, 4) is 5.75 Å². The lowest BCUT2D eigenvalue weighted by molar-refractivity contribution is 0.261. The van der Waals surface area contributed by atoms with Gasteiger partial charge in [-0.25, -0.2) is 0 Å². The normalized spacial score (nSPS) is 12.0. The Bertz CT molecular complexity index is 619. The fourth-order valence-electron chi connectivity index (χ4n) is 2.05. The number of nitrogens with one attached hydrogen (secondary N) is 1. The van der Waals surface area contributed by atoms with Gasteiger partial charge in [0, 0.05) is 22.4 Å². The molecule has 0 atom stereocenters. The predicted octanol–water partition coefficient (Wildman–Crippen LogP) is 4.26. The van der Waals surface area contributed by atoms with Gasteiger partial charge in [-0.1, -0.05) is 23.9 Å². The minimum Gasteiger partial charge on any atom is -0.492 e. The maximum absolute atomic E-state index is 5.78. The van der Waals surface area contributed by atoms with Gasteiger partial charge in [-0.05, 0) is 38.4 Å². The Hall–Kier alpha value is -1.36. The first kappa shape index (κ1) is 16.0. The lowest BCUT2D eigenvalue weighted by Crippen LogP contribution is -2.19. The van der Waals surface area contributed by atoms with Crippen molar-refractivity contribution in [3.05, 3.63) is 42.5 Å². The van der Waals surface area contributed by atoms with Gasteiger partial charge in [0.15, 0.2) is 0 Å². The molecule has 3 rings (SSSR count). The number of benzene rings is 2. The molecule has 0 bridgehead atoms. The van der Waals surface area contributed by atoms with E-state index in [4.69, 9.17) is 4.74 Å². The summed E-state index contributed by atoms with van der Waals surface area (Å²) in [5, 5.41) is 3.47. The van der Waals surface area contributed by atoms with Crippen molar-refractivity contribution >= 4 is 35.5 Å². The monoisotopic (exact) mass is 322 g/mol. The molecule has 3 nitrogen and oxygen atoms in total. The fourth-order valence-corrected chi connectivity index (χ4v) is 3.02. The zero-order valence-electron chi connectivity index (χ0n) is 12.1. The van der Waals surface area contributed by atoms with Crippen LogP contribution in [0.4, 0.5) is 11.4 Å². The van der Waals surface area contributed by atoms with Gasteiger partial charge < -0.3 is 15.0 Å². The Morgan fingerprint density at radius 1 is 1.05 bits per heavy atom. The van der Waals surface area contributed by atoms with E-state index in [9.17, 15) is 0 Å². The van der Waals surface area contributed by atoms with Gasteiger partial charge in [0.25, 0.3) is 0 Å². The van der Waals surface area contributed by atoms with Gasteiger partial charge in [-0.3, -0.25) is 0 Å². The van der Waals surface area contributed by atoms with Gasteiger partial charge in [0.05, 0.1) is 11.4 Å². The molecule has 0 unspecified atom stereocenters. The van der Waals surface area contributed by atoms with Crippen LogP contribution in [0, 0.1) is 0 Å². The number of nitrogens with zero attached hydrogens (tertiary/aromatic N) is 1. The summed E-state index contributed by atoms with van der Waals surface area (Å²) in [6.45, 7) is 1.62. The quantitative estimate of drug-likeness (QED) is 0.776. The molecule has 5 heteroatoms. The Morgan fingerprint density at radius 2 is 1.81 bits per heavy atom. The van der Waals surface area contributed by atoms with Crippen LogP contribution in [-0.4, -0.2) is 32.1 Å². The van der Waals surface area contributed by atoms with Crippen LogP contribution in [-0.2, 0) is 0 Å². The van der Waals surface area contributed by atoms with Crippen molar-refractivity contribution in [1.29, 1.82) is 0 Å². The number of para-hydroxylation sites is 1. The van der Waals surface area contributed by atoms with Gasteiger partial charge in [-0.2, -0.15) is 0 Å². The Labute approximate surface area is 136 Å². The summed E-state index contributed by atoms with van der Waals surface area (Å²) in [7, 11) is 4.09. The van der Waals surface area contributed by atoms with Gasteiger partial charge >= 0.3 is 0 Å². The minimum atomic E-state index is 0. The first-order valence-electron chi connectivity index (χ1n) is 6.68. The molecule has 1 heterocycles. The highest BCUT2D eigenvalue weighted by Gasteiger charge is 2.15. The van der Waals surface area contributed by atoms with Crippen molar-refractivity contribution in [1.82, 2.24) is 4.90 Å². The van der Waals surface area contributed by atoms with E-state index in [0.717, 1.165) is 23.7 Å². The lowest BCUT2D eigenvalue weighted by atomic mass is 10.2. The molecule has 2 aromatic rings. The van der Waals surface area contributed by atoms with E-state index in [1.54, 1.807) is 11.8 Å². The number of hydrogen-bond donors (Lipinski definition) is 1. The largest absolute Gasteiger partial charge is 0.492 e. The van der Waals surface area contributed by atoms with Crippen LogP contribution >= 0.6 is 24.2 Å². The number of anilines is 2. The number of halogens is 1. The summed E-state index contributed by atoms with van der Waals surface area (Å²) in [4.78, 5) is 4.62. The van der Waals surface area contributed by atoms with Crippen LogP contribution in [0.15, 0.2) is 52.3 Å². The average molecular weight is 323 g/mol. The Kier molecular flexibility index (Phi) is 5.39. The van der Waals surface area contributed by atoms with E-state index in [1.165, 1.54) is 9.79 Å². The van der Waals surface area contributed by atoms with Gasteiger partial charge in [0.1, 0.15) is 12.4 Å². The predicted molar refractivity (Wildman–Crippen MR) is 91.6 cm³/mol. The van der Waals surface area contributed by atoms with E-state index in [-0.39, 0.29) is 12.4 Å². The molecule has 2 aromatic carbocycles.